The van der Waals surface area contributed by atoms with Crippen molar-refractivity contribution >= 4 is 39.1 Å². The molecule has 9 heteroatoms. The summed E-state index contributed by atoms with van der Waals surface area (Å²) in [4.78, 5) is 27.9. The molecule has 0 spiro atoms. The fraction of sp³-hybridized carbons (Fsp3) is 0.259. The topological polar surface area (TPSA) is 86.8 Å². The highest BCUT2D eigenvalue weighted by Gasteiger charge is 2.32. The van der Waals surface area contributed by atoms with Crippen molar-refractivity contribution in [1.29, 1.82) is 0 Å². The molecule has 1 atom stereocenters. The number of amides is 2. The third kappa shape index (κ3) is 6.65. The Bertz CT molecular complexity index is 1300. The van der Waals surface area contributed by atoms with Gasteiger partial charge in [0, 0.05) is 18.1 Å². The molecule has 1 N–H and O–H groups in total. The Labute approximate surface area is 217 Å². The number of aryl methyl sites for hydroxylation is 1. The molecule has 0 saturated heterocycles. The third-order valence-electron chi connectivity index (χ3n) is 5.68. The molecular formula is C27H30ClN3O4S. The molecule has 0 fully saturated rings. The zero-order chi connectivity index (χ0) is 26.3. The average molecular weight is 528 g/mol. The van der Waals surface area contributed by atoms with E-state index in [1.807, 2.05) is 13.0 Å². The molecule has 0 aromatic heterocycles. The number of benzene rings is 3. The van der Waals surface area contributed by atoms with Gasteiger partial charge in [-0.1, -0.05) is 54.1 Å². The van der Waals surface area contributed by atoms with Crippen molar-refractivity contribution in [3.8, 4) is 0 Å². The van der Waals surface area contributed by atoms with E-state index in [2.05, 4.69) is 5.32 Å². The third-order valence-corrected chi connectivity index (χ3v) is 7.72. The fourth-order valence-corrected chi connectivity index (χ4v) is 5.28. The van der Waals surface area contributed by atoms with E-state index in [0.29, 0.717) is 17.3 Å². The summed E-state index contributed by atoms with van der Waals surface area (Å²) in [6.45, 7) is 5.31. The van der Waals surface area contributed by atoms with Crippen LogP contribution in [0.3, 0.4) is 0 Å². The van der Waals surface area contributed by atoms with Crippen LogP contribution in [0.4, 0.5) is 5.69 Å². The molecule has 190 valence electrons. The number of nitrogens with one attached hydrogen (secondary N) is 1. The highest BCUT2D eigenvalue weighted by molar-refractivity contribution is 7.92. The molecule has 0 radical (unpaired) electrons. The summed E-state index contributed by atoms with van der Waals surface area (Å²) in [6, 6.07) is 21.0. The van der Waals surface area contributed by atoms with Crippen LogP contribution in [-0.2, 0) is 26.2 Å². The predicted molar refractivity (Wildman–Crippen MR) is 142 cm³/mol. The Morgan fingerprint density at radius 1 is 0.972 bits per heavy atom. The van der Waals surface area contributed by atoms with Crippen LogP contribution in [0.1, 0.15) is 25.0 Å². The number of sulfonamides is 1. The molecule has 3 aromatic carbocycles. The number of hydrogen-bond acceptors (Lipinski definition) is 4. The minimum Gasteiger partial charge on any atom is -0.355 e. The molecule has 36 heavy (non-hydrogen) atoms. The number of nitrogens with zero attached hydrogens (tertiary/aromatic N) is 2. The fourth-order valence-electron chi connectivity index (χ4n) is 3.72. The first kappa shape index (κ1) is 27.2. The SMILES string of the molecule is CCNC(=O)[C@H](C)N(Cc1ccc(Cl)cc1)C(=O)CN(c1cccc(C)c1)S(=O)(=O)c1ccccc1. The van der Waals surface area contributed by atoms with Gasteiger partial charge in [0.1, 0.15) is 12.6 Å². The predicted octanol–water partition coefficient (Wildman–Crippen LogP) is 4.40. The van der Waals surface area contributed by atoms with Crippen LogP contribution in [0.2, 0.25) is 5.02 Å². The lowest BCUT2D eigenvalue weighted by molar-refractivity contribution is -0.139. The maximum atomic E-state index is 13.7. The molecule has 0 saturated carbocycles. The van der Waals surface area contributed by atoms with Crippen molar-refractivity contribution in [2.24, 2.45) is 0 Å². The summed E-state index contributed by atoms with van der Waals surface area (Å²) in [5, 5.41) is 3.29. The second-order valence-corrected chi connectivity index (χ2v) is 10.7. The highest BCUT2D eigenvalue weighted by atomic mass is 35.5. The van der Waals surface area contributed by atoms with Gasteiger partial charge in [-0.05, 0) is 68.3 Å². The second kappa shape index (κ2) is 12.1. The zero-order valence-corrected chi connectivity index (χ0v) is 22.1. The summed E-state index contributed by atoms with van der Waals surface area (Å²) < 4.78 is 28.4. The Kier molecular flexibility index (Phi) is 9.12. The first-order valence-corrected chi connectivity index (χ1v) is 13.4. The van der Waals surface area contributed by atoms with E-state index >= 15 is 0 Å². The molecule has 2 amide bonds. The lowest BCUT2D eigenvalue weighted by Crippen LogP contribution is -2.51. The molecule has 0 unspecified atom stereocenters. The molecule has 0 bridgehead atoms. The zero-order valence-electron chi connectivity index (χ0n) is 20.5. The average Bonchev–Trinajstić information content (AvgIpc) is 2.87. The van der Waals surface area contributed by atoms with Crippen LogP contribution in [0.25, 0.3) is 0 Å². The monoisotopic (exact) mass is 527 g/mol. The summed E-state index contributed by atoms with van der Waals surface area (Å²) >= 11 is 6.00. The molecule has 0 aliphatic rings. The summed E-state index contributed by atoms with van der Waals surface area (Å²) in [6.07, 6.45) is 0. The molecular weight excluding hydrogens is 498 g/mol. The van der Waals surface area contributed by atoms with Crippen molar-refractivity contribution in [2.75, 3.05) is 17.4 Å². The van der Waals surface area contributed by atoms with Gasteiger partial charge in [-0.15, -0.1) is 0 Å². The normalized spacial score (nSPS) is 12.0. The summed E-state index contributed by atoms with van der Waals surface area (Å²) in [5.74, 6) is -0.836. The minimum atomic E-state index is -4.07. The maximum absolute atomic E-state index is 13.7. The molecule has 0 aliphatic carbocycles. The number of halogens is 1. The van der Waals surface area contributed by atoms with Gasteiger partial charge in [0.05, 0.1) is 10.6 Å². The first-order valence-electron chi connectivity index (χ1n) is 11.6. The minimum absolute atomic E-state index is 0.0698. The van der Waals surface area contributed by atoms with E-state index in [4.69, 9.17) is 11.6 Å². The first-order chi connectivity index (χ1) is 17.1. The van der Waals surface area contributed by atoms with Crippen LogP contribution in [0.5, 0.6) is 0 Å². The number of carbonyl (C=O) groups excluding carboxylic acids is 2. The summed E-state index contributed by atoms with van der Waals surface area (Å²) in [7, 11) is -4.07. The van der Waals surface area contributed by atoms with Crippen molar-refractivity contribution < 1.29 is 18.0 Å². The van der Waals surface area contributed by atoms with Gasteiger partial charge in [0.25, 0.3) is 10.0 Å². The Morgan fingerprint density at radius 2 is 1.64 bits per heavy atom. The number of likely N-dealkylation sites (N-methyl/N-ethyl adjacent to an activating group) is 1. The van der Waals surface area contributed by atoms with Crippen LogP contribution in [0.15, 0.2) is 83.8 Å². The van der Waals surface area contributed by atoms with Gasteiger partial charge >= 0.3 is 0 Å². The van der Waals surface area contributed by atoms with E-state index in [-0.39, 0.29) is 17.3 Å². The number of carbonyl (C=O) groups is 2. The van der Waals surface area contributed by atoms with Crippen LogP contribution < -0.4 is 9.62 Å². The lowest BCUT2D eigenvalue weighted by Gasteiger charge is -2.32. The lowest BCUT2D eigenvalue weighted by atomic mass is 10.1. The molecule has 0 aliphatic heterocycles. The van der Waals surface area contributed by atoms with Crippen LogP contribution >= 0.6 is 11.6 Å². The van der Waals surface area contributed by atoms with Crippen LogP contribution in [0, 0.1) is 6.92 Å². The molecule has 3 aromatic rings. The Morgan fingerprint density at radius 3 is 2.25 bits per heavy atom. The highest BCUT2D eigenvalue weighted by Crippen LogP contribution is 2.25. The molecule has 0 heterocycles. The van der Waals surface area contributed by atoms with E-state index in [1.54, 1.807) is 74.5 Å². The number of anilines is 1. The van der Waals surface area contributed by atoms with Crippen molar-refractivity contribution in [3.63, 3.8) is 0 Å². The molecule has 3 rings (SSSR count). The number of hydrogen-bond donors (Lipinski definition) is 1. The Balaban J connectivity index is 2.01. The van der Waals surface area contributed by atoms with Crippen molar-refractivity contribution in [1.82, 2.24) is 10.2 Å². The number of rotatable bonds is 10. The summed E-state index contributed by atoms with van der Waals surface area (Å²) in [5.41, 5.74) is 1.98. The van der Waals surface area contributed by atoms with E-state index in [0.717, 1.165) is 15.4 Å². The van der Waals surface area contributed by atoms with Gasteiger partial charge < -0.3 is 10.2 Å². The van der Waals surface area contributed by atoms with Crippen molar-refractivity contribution in [3.05, 3.63) is 95.0 Å². The van der Waals surface area contributed by atoms with E-state index in [9.17, 15) is 18.0 Å². The van der Waals surface area contributed by atoms with Gasteiger partial charge in [-0.25, -0.2) is 8.42 Å². The van der Waals surface area contributed by atoms with Gasteiger partial charge in [-0.2, -0.15) is 0 Å². The van der Waals surface area contributed by atoms with Crippen LogP contribution in [-0.4, -0.2) is 44.3 Å². The molecule has 7 nitrogen and oxygen atoms in total. The van der Waals surface area contributed by atoms with Crippen molar-refractivity contribution in [2.45, 2.75) is 38.3 Å². The van der Waals surface area contributed by atoms with Gasteiger partial charge in [0.2, 0.25) is 11.8 Å². The standard InChI is InChI=1S/C27H30ClN3O4S/c1-4-29-27(33)21(3)30(18-22-13-15-23(28)16-14-22)26(32)19-31(24-10-8-9-20(2)17-24)36(34,35)25-11-6-5-7-12-25/h5-17,21H,4,18-19H2,1-3H3,(H,29,33)/t21-/m0/s1. The Hall–Kier alpha value is -3.36. The van der Waals surface area contributed by atoms with E-state index < -0.39 is 28.5 Å². The maximum Gasteiger partial charge on any atom is 0.264 e. The smallest absolute Gasteiger partial charge is 0.264 e. The largest absolute Gasteiger partial charge is 0.355 e. The second-order valence-electron chi connectivity index (χ2n) is 8.38. The van der Waals surface area contributed by atoms with Gasteiger partial charge in [0.15, 0.2) is 0 Å². The van der Waals surface area contributed by atoms with E-state index in [1.165, 1.54) is 17.0 Å². The quantitative estimate of drug-likeness (QED) is 0.423. The van der Waals surface area contributed by atoms with Gasteiger partial charge in [-0.3, -0.25) is 13.9 Å².